The van der Waals surface area contributed by atoms with Crippen molar-refractivity contribution in [3.63, 3.8) is 0 Å². The molecule has 0 amide bonds. The number of rotatable bonds is 8. The molecule has 1 unspecified atom stereocenters. The van der Waals surface area contributed by atoms with Crippen molar-refractivity contribution in [3.05, 3.63) is 24.4 Å². The van der Waals surface area contributed by atoms with Gasteiger partial charge in [0.25, 0.3) is 0 Å². The lowest BCUT2D eigenvalue weighted by atomic mass is 10.2. The third-order valence-corrected chi connectivity index (χ3v) is 5.49. The van der Waals surface area contributed by atoms with Crippen molar-refractivity contribution in [3.8, 4) is 0 Å². The van der Waals surface area contributed by atoms with E-state index >= 15 is 0 Å². The molecule has 0 aromatic carbocycles. The molecule has 3 rings (SSSR count). The minimum Gasteiger partial charge on any atom is -0.370 e. The van der Waals surface area contributed by atoms with E-state index in [0.29, 0.717) is 6.04 Å². The molecule has 2 heterocycles. The van der Waals surface area contributed by atoms with Crippen molar-refractivity contribution < 1.29 is 0 Å². The third kappa shape index (κ3) is 5.87. The van der Waals surface area contributed by atoms with E-state index in [1.807, 2.05) is 31.4 Å². The fourth-order valence-electron chi connectivity index (χ4n) is 4.03. The fourth-order valence-corrected chi connectivity index (χ4v) is 4.03. The van der Waals surface area contributed by atoms with Gasteiger partial charge in [-0.2, -0.15) is 0 Å². The quantitative estimate of drug-likeness (QED) is 0.378. The normalized spacial score (nSPS) is 21.9. The van der Waals surface area contributed by atoms with Gasteiger partial charge in [-0.3, -0.25) is 9.89 Å². The van der Waals surface area contributed by atoms with Crippen LogP contribution in [0.15, 0.2) is 29.4 Å². The minimum atomic E-state index is 0.535. The van der Waals surface area contributed by atoms with Crippen LogP contribution in [0.1, 0.15) is 44.9 Å². The second-order valence-electron chi connectivity index (χ2n) is 7.41. The number of hydrogen-bond donors (Lipinski definition) is 3. The number of nitrogens with one attached hydrogen (secondary N) is 3. The first kappa shape index (κ1) is 19.0. The van der Waals surface area contributed by atoms with Gasteiger partial charge in [-0.15, -0.1) is 0 Å². The zero-order chi connectivity index (χ0) is 18.0. The first-order valence-electron chi connectivity index (χ1n) is 10.2. The van der Waals surface area contributed by atoms with Crippen LogP contribution in [-0.2, 0) is 0 Å². The van der Waals surface area contributed by atoms with Crippen LogP contribution in [0.3, 0.4) is 0 Å². The Balaban J connectivity index is 1.26. The van der Waals surface area contributed by atoms with Crippen LogP contribution in [0, 0.1) is 0 Å². The Morgan fingerprint density at radius 1 is 1.19 bits per heavy atom. The van der Waals surface area contributed by atoms with Crippen LogP contribution in [-0.4, -0.2) is 61.2 Å². The first-order chi connectivity index (χ1) is 12.8. The fraction of sp³-hybridized carbons (Fsp3) is 0.700. The average molecular weight is 359 g/mol. The number of hydrogen-bond acceptors (Lipinski definition) is 4. The molecule has 26 heavy (non-hydrogen) atoms. The summed E-state index contributed by atoms with van der Waals surface area (Å²) in [5, 5.41) is 10.4. The number of pyridine rings is 1. The van der Waals surface area contributed by atoms with Crippen molar-refractivity contribution in [2.45, 2.75) is 57.0 Å². The number of aliphatic imine (C=N–C) groups is 1. The topological polar surface area (TPSA) is 64.6 Å². The van der Waals surface area contributed by atoms with E-state index in [-0.39, 0.29) is 0 Å². The van der Waals surface area contributed by atoms with Crippen molar-refractivity contribution in [2.75, 3.05) is 38.5 Å². The van der Waals surface area contributed by atoms with E-state index in [9.17, 15) is 0 Å². The Morgan fingerprint density at radius 3 is 2.81 bits per heavy atom. The Labute approximate surface area is 157 Å². The molecule has 0 spiro atoms. The molecule has 2 fully saturated rings. The smallest absolute Gasteiger partial charge is 0.191 e. The molecule has 0 radical (unpaired) electrons. The lowest BCUT2D eigenvalue weighted by molar-refractivity contribution is 0.242. The van der Waals surface area contributed by atoms with Gasteiger partial charge in [0.2, 0.25) is 0 Å². The van der Waals surface area contributed by atoms with Crippen LogP contribution >= 0.6 is 0 Å². The highest BCUT2D eigenvalue weighted by molar-refractivity contribution is 5.79. The Kier molecular flexibility index (Phi) is 7.55. The Bertz CT molecular complexity index is 540. The standard InChI is InChI=1S/C20H34N6/c1-21-20(24-14-7-6-13-23-19-10-4-5-12-22-19)25-17-11-15-26(16-17)18-8-2-3-9-18/h4-5,10,12,17-18H,2-3,6-9,11,13-16H2,1H3,(H,22,23)(H2,21,24,25). The van der Waals surface area contributed by atoms with Crippen LogP contribution < -0.4 is 16.0 Å². The second kappa shape index (κ2) is 10.4. The number of guanidine groups is 1. The zero-order valence-corrected chi connectivity index (χ0v) is 16.1. The van der Waals surface area contributed by atoms with E-state index in [0.717, 1.165) is 43.8 Å². The predicted molar refractivity (Wildman–Crippen MR) is 109 cm³/mol. The molecule has 1 saturated heterocycles. The maximum Gasteiger partial charge on any atom is 0.191 e. The molecule has 2 aliphatic rings. The highest BCUT2D eigenvalue weighted by Gasteiger charge is 2.30. The van der Waals surface area contributed by atoms with Gasteiger partial charge in [0.1, 0.15) is 5.82 Å². The van der Waals surface area contributed by atoms with Crippen molar-refractivity contribution in [1.82, 2.24) is 20.5 Å². The minimum absolute atomic E-state index is 0.535. The number of aromatic nitrogens is 1. The molecule has 6 heteroatoms. The summed E-state index contributed by atoms with van der Waals surface area (Å²) in [6.45, 7) is 4.30. The zero-order valence-electron chi connectivity index (χ0n) is 16.1. The van der Waals surface area contributed by atoms with Crippen LogP contribution in [0.4, 0.5) is 5.82 Å². The maximum absolute atomic E-state index is 4.39. The molecular weight excluding hydrogens is 324 g/mol. The summed E-state index contributed by atoms with van der Waals surface area (Å²) in [6.07, 6.45) is 10.9. The van der Waals surface area contributed by atoms with Crippen LogP contribution in [0.25, 0.3) is 0 Å². The lowest BCUT2D eigenvalue weighted by Gasteiger charge is -2.24. The summed E-state index contributed by atoms with van der Waals surface area (Å²) in [7, 11) is 1.86. The first-order valence-corrected chi connectivity index (χ1v) is 10.2. The largest absolute Gasteiger partial charge is 0.370 e. The van der Waals surface area contributed by atoms with E-state index in [1.165, 1.54) is 45.2 Å². The number of nitrogens with zero attached hydrogens (tertiary/aromatic N) is 3. The summed E-state index contributed by atoms with van der Waals surface area (Å²) in [5.74, 6) is 1.90. The molecule has 0 bridgehead atoms. The van der Waals surface area contributed by atoms with Crippen molar-refractivity contribution >= 4 is 11.8 Å². The molecule has 1 aromatic heterocycles. The number of unbranched alkanes of at least 4 members (excludes halogenated alkanes) is 1. The van der Waals surface area contributed by atoms with Gasteiger partial charge in [0, 0.05) is 51.5 Å². The van der Waals surface area contributed by atoms with Crippen LogP contribution in [0.2, 0.25) is 0 Å². The molecule has 1 atom stereocenters. The highest BCUT2D eigenvalue weighted by atomic mass is 15.3. The Hall–Kier alpha value is -1.82. The molecule has 1 saturated carbocycles. The van der Waals surface area contributed by atoms with E-state index in [4.69, 9.17) is 0 Å². The Morgan fingerprint density at radius 2 is 2.04 bits per heavy atom. The second-order valence-corrected chi connectivity index (χ2v) is 7.41. The summed E-state index contributed by atoms with van der Waals surface area (Å²) < 4.78 is 0. The number of anilines is 1. The molecule has 1 aromatic rings. The summed E-state index contributed by atoms with van der Waals surface area (Å²) >= 11 is 0. The van der Waals surface area contributed by atoms with E-state index in [2.05, 4.69) is 30.8 Å². The number of likely N-dealkylation sites (tertiary alicyclic amines) is 1. The summed E-state index contributed by atoms with van der Waals surface area (Å²) in [4.78, 5) is 11.3. The molecule has 3 N–H and O–H groups in total. The lowest BCUT2D eigenvalue weighted by Crippen LogP contribution is -2.45. The van der Waals surface area contributed by atoms with Crippen molar-refractivity contribution in [1.29, 1.82) is 0 Å². The predicted octanol–water partition coefficient (Wildman–Crippen LogP) is 2.46. The van der Waals surface area contributed by atoms with Crippen LogP contribution in [0.5, 0.6) is 0 Å². The molecule has 6 nitrogen and oxygen atoms in total. The highest BCUT2D eigenvalue weighted by Crippen LogP contribution is 2.26. The summed E-state index contributed by atoms with van der Waals surface area (Å²) in [5.41, 5.74) is 0. The molecule has 1 aliphatic carbocycles. The SMILES string of the molecule is CN=C(NCCCCNc1ccccn1)NC1CCN(C2CCCC2)C1. The monoisotopic (exact) mass is 358 g/mol. The van der Waals surface area contributed by atoms with E-state index < -0.39 is 0 Å². The maximum atomic E-state index is 4.39. The molecule has 144 valence electrons. The molecular formula is C20H34N6. The van der Waals surface area contributed by atoms with Crippen molar-refractivity contribution in [2.24, 2.45) is 4.99 Å². The van der Waals surface area contributed by atoms with Gasteiger partial charge in [-0.05, 0) is 44.2 Å². The molecule has 1 aliphatic heterocycles. The average Bonchev–Trinajstić information content (AvgIpc) is 3.36. The van der Waals surface area contributed by atoms with Gasteiger partial charge in [0.05, 0.1) is 0 Å². The van der Waals surface area contributed by atoms with E-state index in [1.54, 1.807) is 0 Å². The van der Waals surface area contributed by atoms with Gasteiger partial charge in [-0.25, -0.2) is 4.98 Å². The van der Waals surface area contributed by atoms with Gasteiger partial charge in [0.15, 0.2) is 5.96 Å². The van der Waals surface area contributed by atoms with Gasteiger partial charge in [-0.1, -0.05) is 18.9 Å². The van der Waals surface area contributed by atoms with Gasteiger partial charge < -0.3 is 16.0 Å². The van der Waals surface area contributed by atoms with Gasteiger partial charge >= 0.3 is 0 Å². The third-order valence-electron chi connectivity index (χ3n) is 5.49. The summed E-state index contributed by atoms with van der Waals surface area (Å²) in [6, 6.07) is 7.31.